The van der Waals surface area contributed by atoms with E-state index in [0.717, 1.165) is 28.8 Å². The van der Waals surface area contributed by atoms with Crippen molar-refractivity contribution in [1.29, 1.82) is 0 Å². The maximum Gasteiger partial charge on any atom is 0.0729 e. The molecule has 5 heteroatoms. The molecule has 2 N–H and O–H groups in total. The molecule has 0 aliphatic carbocycles. The third-order valence-corrected chi connectivity index (χ3v) is 3.34. The Morgan fingerprint density at radius 3 is 2.67 bits per heavy atom. The highest BCUT2D eigenvalue weighted by atomic mass is 79.9. The van der Waals surface area contributed by atoms with Gasteiger partial charge in [-0.3, -0.25) is 0 Å². The molecule has 0 aliphatic rings. The van der Waals surface area contributed by atoms with Crippen molar-refractivity contribution in [2.45, 2.75) is 13.0 Å². The molecule has 18 heavy (non-hydrogen) atoms. The molecule has 0 aromatic heterocycles. The number of hydrogen-bond donors (Lipinski definition) is 1. The van der Waals surface area contributed by atoms with Gasteiger partial charge >= 0.3 is 0 Å². The standard InChI is InChI=1S/C13H20BrNO3/c1-16-6-3-7-17-8-9-18-10-11-4-2-5-12(15)13(11)14/h2,4-5H,3,6-10,15H2,1H3. The average Bonchev–Trinajstić information content (AvgIpc) is 2.37. The van der Waals surface area contributed by atoms with Gasteiger partial charge < -0.3 is 19.9 Å². The van der Waals surface area contributed by atoms with Crippen LogP contribution in [0.25, 0.3) is 0 Å². The van der Waals surface area contributed by atoms with Gasteiger partial charge in [-0.05, 0) is 34.0 Å². The van der Waals surface area contributed by atoms with Crippen molar-refractivity contribution >= 4 is 21.6 Å². The van der Waals surface area contributed by atoms with Crippen LogP contribution in [0.1, 0.15) is 12.0 Å². The summed E-state index contributed by atoms with van der Waals surface area (Å²) in [6.07, 6.45) is 0.914. The first-order chi connectivity index (χ1) is 8.75. The Bertz CT molecular complexity index is 347. The van der Waals surface area contributed by atoms with Crippen LogP contribution in [-0.2, 0) is 20.8 Å². The van der Waals surface area contributed by atoms with Crippen LogP contribution in [-0.4, -0.2) is 33.5 Å². The highest BCUT2D eigenvalue weighted by Crippen LogP contribution is 2.24. The minimum atomic E-state index is 0.535. The molecule has 0 heterocycles. The largest absolute Gasteiger partial charge is 0.398 e. The minimum absolute atomic E-state index is 0.535. The Morgan fingerprint density at radius 2 is 1.89 bits per heavy atom. The Balaban J connectivity index is 2.09. The molecule has 1 aromatic rings. The van der Waals surface area contributed by atoms with Gasteiger partial charge in [-0.15, -0.1) is 0 Å². The van der Waals surface area contributed by atoms with Crippen molar-refractivity contribution in [2.75, 3.05) is 39.3 Å². The van der Waals surface area contributed by atoms with Crippen LogP contribution in [0.15, 0.2) is 22.7 Å². The second-order valence-corrected chi connectivity index (χ2v) is 4.62. The van der Waals surface area contributed by atoms with E-state index in [1.807, 2.05) is 18.2 Å². The molecule has 0 unspecified atom stereocenters. The zero-order valence-corrected chi connectivity index (χ0v) is 12.2. The lowest BCUT2D eigenvalue weighted by atomic mass is 10.2. The quantitative estimate of drug-likeness (QED) is 0.562. The fraction of sp³-hybridized carbons (Fsp3) is 0.538. The molecule has 102 valence electrons. The molecule has 0 spiro atoms. The van der Waals surface area contributed by atoms with Crippen LogP contribution in [0.3, 0.4) is 0 Å². The summed E-state index contributed by atoms with van der Waals surface area (Å²) >= 11 is 3.44. The number of benzene rings is 1. The maximum atomic E-state index is 5.78. The van der Waals surface area contributed by atoms with Gasteiger partial charge in [0.25, 0.3) is 0 Å². The van der Waals surface area contributed by atoms with Gasteiger partial charge in [0.2, 0.25) is 0 Å². The number of ether oxygens (including phenoxy) is 3. The molecule has 0 aliphatic heterocycles. The van der Waals surface area contributed by atoms with Crippen molar-refractivity contribution in [3.05, 3.63) is 28.2 Å². The molecule has 0 saturated carbocycles. The molecular formula is C13H20BrNO3. The zero-order valence-electron chi connectivity index (χ0n) is 10.7. The van der Waals surface area contributed by atoms with Gasteiger partial charge in [0, 0.05) is 30.5 Å². The molecular weight excluding hydrogens is 298 g/mol. The summed E-state index contributed by atoms with van der Waals surface area (Å²) in [5.74, 6) is 0. The monoisotopic (exact) mass is 317 g/mol. The van der Waals surface area contributed by atoms with Crippen molar-refractivity contribution in [3.8, 4) is 0 Å². The van der Waals surface area contributed by atoms with E-state index in [-0.39, 0.29) is 0 Å². The molecule has 0 atom stereocenters. The number of nitrogens with two attached hydrogens (primary N) is 1. The first-order valence-electron chi connectivity index (χ1n) is 5.93. The second-order valence-electron chi connectivity index (χ2n) is 3.83. The van der Waals surface area contributed by atoms with Crippen LogP contribution < -0.4 is 5.73 Å². The fourth-order valence-electron chi connectivity index (χ4n) is 1.42. The lowest BCUT2D eigenvalue weighted by Crippen LogP contribution is -2.07. The third kappa shape index (κ3) is 5.82. The van der Waals surface area contributed by atoms with Crippen molar-refractivity contribution in [1.82, 2.24) is 0 Å². The maximum absolute atomic E-state index is 5.78. The van der Waals surface area contributed by atoms with Gasteiger partial charge in [-0.1, -0.05) is 12.1 Å². The number of methoxy groups -OCH3 is 1. The van der Waals surface area contributed by atoms with Gasteiger partial charge in [0.15, 0.2) is 0 Å². The predicted molar refractivity (Wildman–Crippen MR) is 75.5 cm³/mol. The first kappa shape index (κ1) is 15.4. The van der Waals surface area contributed by atoms with E-state index < -0.39 is 0 Å². The zero-order chi connectivity index (χ0) is 13.2. The Kier molecular flexibility index (Phi) is 8.00. The van der Waals surface area contributed by atoms with Crippen molar-refractivity contribution < 1.29 is 14.2 Å². The van der Waals surface area contributed by atoms with Crippen LogP contribution in [0, 0.1) is 0 Å². The molecule has 0 amide bonds. The molecule has 4 nitrogen and oxygen atoms in total. The van der Waals surface area contributed by atoms with Gasteiger partial charge in [0.1, 0.15) is 0 Å². The van der Waals surface area contributed by atoms with E-state index in [9.17, 15) is 0 Å². The van der Waals surface area contributed by atoms with E-state index in [1.165, 1.54) is 0 Å². The Morgan fingerprint density at radius 1 is 1.11 bits per heavy atom. The number of rotatable bonds is 9. The third-order valence-electron chi connectivity index (χ3n) is 2.38. The number of nitrogen functional groups attached to an aromatic ring is 1. The van der Waals surface area contributed by atoms with E-state index in [1.54, 1.807) is 7.11 Å². The highest BCUT2D eigenvalue weighted by molar-refractivity contribution is 9.10. The summed E-state index contributed by atoms with van der Waals surface area (Å²) < 4.78 is 16.7. The minimum Gasteiger partial charge on any atom is -0.398 e. The molecule has 0 radical (unpaired) electrons. The lowest BCUT2D eigenvalue weighted by molar-refractivity contribution is 0.0335. The lowest BCUT2D eigenvalue weighted by Gasteiger charge is -2.08. The molecule has 1 aromatic carbocycles. The Hall–Kier alpha value is -0.620. The summed E-state index contributed by atoms with van der Waals surface area (Å²) in [5.41, 5.74) is 7.56. The van der Waals surface area contributed by atoms with E-state index in [2.05, 4.69) is 15.9 Å². The number of hydrogen-bond acceptors (Lipinski definition) is 4. The summed E-state index contributed by atoms with van der Waals surface area (Å²) in [4.78, 5) is 0. The van der Waals surface area contributed by atoms with Crippen LogP contribution in [0.2, 0.25) is 0 Å². The Labute approximate surface area is 117 Å². The first-order valence-corrected chi connectivity index (χ1v) is 6.72. The van der Waals surface area contributed by atoms with Crippen LogP contribution in [0.4, 0.5) is 5.69 Å². The van der Waals surface area contributed by atoms with E-state index in [0.29, 0.717) is 26.4 Å². The van der Waals surface area contributed by atoms with Gasteiger partial charge in [-0.25, -0.2) is 0 Å². The van der Waals surface area contributed by atoms with Gasteiger partial charge in [0.05, 0.1) is 19.8 Å². The smallest absolute Gasteiger partial charge is 0.0729 e. The van der Waals surface area contributed by atoms with Crippen molar-refractivity contribution in [2.24, 2.45) is 0 Å². The summed E-state index contributed by atoms with van der Waals surface area (Å²) in [6.45, 7) is 3.15. The second kappa shape index (κ2) is 9.33. The summed E-state index contributed by atoms with van der Waals surface area (Å²) in [7, 11) is 1.69. The van der Waals surface area contributed by atoms with Crippen LogP contribution >= 0.6 is 15.9 Å². The molecule has 0 saturated heterocycles. The van der Waals surface area contributed by atoms with Crippen molar-refractivity contribution in [3.63, 3.8) is 0 Å². The highest BCUT2D eigenvalue weighted by Gasteiger charge is 2.02. The molecule has 1 rings (SSSR count). The number of anilines is 1. The predicted octanol–water partition coefficient (Wildman–Crippen LogP) is 2.60. The normalized spacial score (nSPS) is 10.8. The topological polar surface area (TPSA) is 53.7 Å². The van der Waals surface area contributed by atoms with E-state index in [4.69, 9.17) is 19.9 Å². The SMILES string of the molecule is COCCCOCCOCc1cccc(N)c1Br. The molecule has 0 bridgehead atoms. The molecule has 0 fully saturated rings. The average molecular weight is 318 g/mol. The van der Waals surface area contributed by atoms with Crippen LogP contribution in [0.5, 0.6) is 0 Å². The summed E-state index contributed by atoms with van der Waals surface area (Å²) in [5, 5.41) is 0. The number of halogens is 1. The van der Waals surface area contributed by atoms with Gasteiger partial charge in [-0.2, -0.15) is 0 Å². The van der Waals surface area contributed by atoms with E-state index >= 15 is 0 Å². The summed E-state index contributed by atoms with van der Waals surface area (Å²) in [6, 6.07) is 5.76. The fourth-order valence-corrected chi connectivity index (χ4v) is 1.80.